The minimum atomic E-state index is -3.20. The summed E-state index contributed by atoms with van der Waals surface area (Å²) in [6.07, 6.45) is 0.383. The molecule has 13 nitrogen and oxygen atoms in total. The van der Waals surface area contributed by atoms with E-state index in [9.17, 15) is 29.7 Å². The van der Waals surface area contributed by atoms with Gasteiger partial charge in [-0.15, -0.1) is 0 Å². The van der Waals surface area contributed by atoms with Crippen LogP contribution in [0.3, 0.4) is 0 Å². The molecule has 0 saturated carbocycles. The van der Waals surface area contributed by atoms with E-state index in [0.29, 0.717) is 30.6 Å². The molecule has 0 bridgehead atoms. The Morgan fingerprint density at radius 1 is 1.33 bits per heavy atom. The summed E-state index contributed by atoms with van der Waals surface area (Å²) in [6, 6.07) is 4.40. The van der Waals surface area contributed by atoms with Gasteiger partial charge in [-0.3, -0.25) is 24.5 Å². The van der Waals surface area contributed by atoms with E-state index < -0.39 is 52.4 Å². The Morgan fingerprint density at radius 2 is 2.05 bits per heavy atom. The van der Waals surface area contributed by atoms with E-state index in [4.69, 9.17) is 30.5 Å². The van der Waals surface area contributed by atoms with Crippen molar-refractivity contribution in [3.05, 3.63) is 66.5 Å². The maximum Gasteiger partial charge on any atom is 0.330 e. The van der Waals surface area contributed by atoms with Crippen molar-refractivity contribution >= 4 is 24.0 Å². The van der Waals surface area contributed by atoms with Crippen molar-refractivity contribution in [1.82, 2.24) is 9.55 Å². The molecule has 234 valence electrons. The lowest BCUT2D eigenvalue weighted by Crippen LogP contribution is -2.34. The van der Waals surface area contributed by atoms with Crippen LogP contribution in [-0.2, 0) is 32.4 Å². The first-order valence-corrected chi connectivity index (χ1v) is 16.5. The number of aromatic nitrogens is 2. The number of aliphatic hydroxyl groups excluding tert-OH is 1. The first-order chi connectivity index (χ1) is 19.7. The van der Waals surface area contributed by atoms with Crippen LogP contribution in [0.5, 0.6) is 5.75 Å². The van der Waals surface area contributed by atoms with E-state index in [-0.39, 0.29) is 30.9 Å². The Bertz CT molecular complexity index is 1410. The molecule has 1 aromatic carbocycles. The van der Waals surface area contributed by atoms with Gasteiger partial charge < -0.3 is 28.7 Å². The molecule has 1 saturated heterocycles. The first-order valence-electron chi connectivity index (χ1n) is 13.8. The number of ether oxygens (including phenoxy) is 3. The average molecular weight is 630 g/mol. The number of aliphatic hydroxyl groups is 1. The number of rotatable bonds is 15. The van der Waals surface area contributed by atoms with Crippen LogP contribution in [0, 0.1) is 10.1 Å². The third-order valence-corrected chi connectivity index (χ3v) is 11.8. The Kier molecular flexibility index (Phi) is 11.6. The van der Waals surface area contributed by atoms with Crippen LogP contribution in [0.1, 0.15) is 83.3 Å². The Balaban J connectivity index is 1.81. The lowest BCUT2D eigenvalue weighted by Gasteiger charge is -2.32. The topological polar surface area (TPSA) is 175 Å². The fourth-order valence-corrected chi connectivity index (χ4v) is 6.09. The lowest BCUT2D eigenvalue weighted by atomic mass is 10.0. The normalized spacial score (nSPS) is 21.2. The molecule has 0 amide bonds. The largest absolute Gasteiger partial charge is 0.497 e. The maximum atomic E-state index is 12.7. The van der Waals surface area contributed by atoms with Gasteiger partial charge in [-0.2, -0.15) is 0 Å². The quantitative estimate of drug-likeness (QED) is 0.147. The highest BCUT2D eigenvalue weighted by Gasteiger charge is 2.40. The summed E-state index contributed by atoms with van der Waals surface area (Å²) in [7, 11) is 1.46. The molecule has 0 radical (unpaired) electrons. The Hall–Kier alpha value is -2.45. The van der Waals surface area contributed by atoms with Crippen LogP contribution in [-0.4, -0.2) is 55.6 Å². The third-order valence-electron chi connectivity index (χ3n) is 7.64. The van der Waals surface area contributed by atoms with Crippen LogP contribution >= 0.6 is 6.49 Å². The van der Waals surface area contributed by atoms with E-state index in [0.717, 1.165) is 11.0 Å². The van der Waals surface area contributed by atoms with Crippen molar-refractivity contribution in [3.63, 3.8) is 0 Å². The number of hydrogen-bond donors (Lipinski definition) is 3. The standard InChI is InChI=1S/C27H40N3O10PS/c1-6-8-9-22(19-12-18(37-5)10-11-20(19)30(34)35)38-15-17-14-29(26(33)28-25(17)32)24-13-21(31)23(40-24)16-39-41(36,42)27(3,4)7-2/h10-12,14,21-24,31H,6-9,13,15-16H2,1-5H3,(H,36,42)(H,28,32,33)/t21-,22+,23?,24-,41?/m1/s1. The molecule has 42 heavy (non-hydrogen) atoms. The molecule has 1 fully saturated rings. The third kappa shape index (κ3) is 7.93. The van der Waals surface area contributed by atoms with E-state index in [1.54, 1.807) is 6.07 Å². The molecular formula is C27H40N3O10PS. The lowest BCUT2D eigenvalue weighted by molar-refractivity contribution is -0.386. The number of nitro benzene ring substituents is 1. The van der Waals surface area contributed by atoms with Crippen molar-refractivity contribution in [2.75, 3.05) is 13.7 Å². The van der Waals surface area contributed by atoms with E-state index in [1.807, 2.05) is 27.7 Å². The van der Waals surface area contributed by atoms with Gasteiger partial charge in [0, 0.05) is 23.8 Å². The van der Waals surface area contributed by atoms with Gasteiger partial charge in [0.25, 0.3) is 11.2 Å². The zero-order chi connectivity index (χ0) is 31.2. The van der Waals surface area contributed by atoms with Gasteiger partial charge in [0.1, 0.15) is 18.1 Å². The minimum Gasteiger partial charge on any atom is -0.497 e. The van der Waals surface area contributed by atoms with E-state index in [2.05, 4.69) is 4.98 Å². The predicted octanol–water partition coefficient (Wildman–Crippen LogP) is 4.06. The Morgan fingerprint density at radius 3 is 2.67 bits per heavy atom. The number of hydrogen-bond acceptors (Lipinski definition) is 10. The average Bonchev–Trinajstić information content (AvgIpc) is 3.32. The van der Waals surface area contributed by atoms with Crippen LogP contribution < -0.4 is 16.0 Å². The number of aromatic amines is 1. The van der Waals surface area contributed by atoms with Gasteiger partial charge in [-0.1, -0.05) is 40.5 Å². The first kappa shape index (κ1) is 34.0. The number of nitrogens with zero attached hydrogens (tertiary/aromatic N) is 2. The highest BCUT2D eigenvalue weighted by atomic mass is 32.5. The van der Waals surface area contributed by atoms with Crippen LogP contribution in [0.4, 0.5) is 5.69 Å². The number of nitrogens with one attached hydrogen (secondary N) is 1. The number of H-pyrrole nitrogens is 1. The van der Waals surface area contributed by atoms with Crippen LogP contribution in [0.2, 0.25) is 0 Å². The van der Waals surface area contributed by atoms with Crippen molar-refractivity contribution in [2.24, 2.45) is 0 Å². The second-order valence-corrected chi connectivity index (χ2v) is 14.9. The minimum absolute atomic E-state index is 0.0286. The van der Waals surface area contributed by atoms with Crippen molar-refractivity contribution in [3.8, 4) is 5.75 Å². The summed E-state index contributed by atoms with van der Waals surface area (Å²) in [5.41, 5.74) is -1.14. The zero-order valence-electron chi connectivity index (χ0n) is 24.5. The van der Waals surface area contributed by atoms with Gasteiger partial charge in [-0.25, -0.2) is 4.79 Å². The van der Waals surface area contributed by atoms with Crippen molar-refractivity contribution in [1.29, 1.82) is 0 Å². The number of methoxy groups -OCH3 is 1. The smallest absolute Gasteiger partial charge is 0.330 e. The van der Waals surface area contributed by atoms with Crippen LogP contribution in [0.25, 0.3) is 0 Å². The summed E-state index contributed by atoms with van der Waals surface area (Å²) in [6.45, 7) is 3.88. The van der Waals surface area contributed by atoms with Crippen LogP contribution in [0.15, 0.2) is 34.0 Å². The molecule has 1 aliphatic heterocycles. The van der Waals surface area contributed by atoms with Gasteiger partial charge >= 0.3 is 5.69 Å². The van der Waals surface area contributed by atoms with Gasteiger partial charge in [0.05, 0.1) is 48.6 Å². The van der Waals surface area contributed by atoms with E-state index in [1.165, 1.54) is 25.4 Å². The molecule has 2 aromatic rings. The summed E-state index contributed by atoms with van der Waals surface area (Å²) < 4.78 is 24.0. The molecule has 0 aliphatic carbocycles. The molecule has 1 aromatic heterocycles. The molecule has 15 heteroatoms. The molecule has 2 heterocycles. The number of benzene rings is 1. The fourth-order valence-electron chi connectivity index (χ4n) is 4.42. The molecule has 1 aliphatic rings. The molecule has 0 spiro atoms. The van der Waals surface area contributed by atoms with Gasteiger partial charge in [-0.05, 0) is 36.8 Å². The second-order valence-electron chi connectivity index (χ2n) is 10.9. The zero-order valence-corrected chi connectivity index (χ0v) is 26.2. The summed E-state index contributed by atoms with van der Waals surface area (Å²) in [5, 5.41) is 21.7. The highest BCUT2D eigenvalue weighted by Crippen LogP contribution is 2.57. The molecule has 3 rings (SSSR count). The van der Waals surface area contributed by atoms with E-state index >= 15 is 0 Å². The summed E-state index contributed by atoms with van der Waals surface area (Å²) in [5.74, 6) is 0.428. The fraction of sp³-hybridized carbons (Fsp3) is 0.630. The maximum absolute atomic E-state index is 12.7. The predicted molar refractivity (Wildman–Crippen MR) is 159 cm³/mol. The van der Waals surface area contributed by atoms with Crippen molar-refractivity contribution < 1.29 is 33.7 Å². The molecule has 2 unspecified atom stereocenters. The summed E-state index contributed by atoms with van der Waals surface area (Å²) >= 11 is 5.33. The number of nitro groups is 1. The highest BCUT2D eigenvalue weighted by molar-refractivity contribution is 8.10. The molecule has 5 atom stereocenters. The van der Waals surface area contributed by atoms with Gasteiger partial charge in [0.15, 0.2) is 6.49 Å². The van der Waals surface area contributed by atoms with Crippen molar-refractivity contribution in [2.45, 2.75) is 96.1 Å². The SMILES string of the molecule is CCCC[C@H](OCc1cn([C@H]2C[C@@H](O)C(COP(O)(=S)C(C)(C)CC)O2)c(=O)[nH]c1=O)c1cc(OC)ccc1[N+](=O)[O-]. The second kappa shape index (κ2) is 14.3. The Labute approximate surface area is 249 Å². The molecular weight excluding hydrogens is 589 g/mol. The number of unbranched alkanes of at least 4 members (excludes halogenated alkanes) is 1. The van der Waals surface area contributed by atoms with Gasteiger partial charge in [0.2, 0.25) is 0 Å². The molecule has 3 N–H and O–H groups in total. The summed E-state index contributed by atoms with van der Waals surface area (Å²) in [4.78, 5) is 49.6. The monoisotopic (exact) mass is 629 g/mol.